The van der Waals surface area contributed by atoms with Gasteiger partial charge in [0.1, 0.15) is 18.0 Å². The molecule has 7 heteroatoms. The van der Waals surface area contributed by atoms with Gasteiger partial charge in [0.05, 0.1) is 20.3 Å². The molecule has 0 N–H and O–H groups in total. The van der Waals surface area contributed by atoms with Crippen molar-refractivity contribution in [3.8, 4) is 17.6 Å². The number of hydrogen-bond acceptors (Lipinski definition) is 6. The number of hydrogen-bond donors (Lipinski definition) is 0. The van der Waals surface area contributed by atoms with Gasteiger partial charge < -0.3 is 14.2 Å². The van der Waals surface area contributed by atoms with Crippen molar-refractivity contribution in [3.05, 3.63) is 60.2 Å². The Morgan fingerprint density at radius 3 is 2.29 bits per heavy atom. The van der Waals surface area contributed by atoms with Gasteiger partial charge >= 0.3 is 5.97 Å². The monoisotopic (exact) mass is 380 g/mol. The second-order valence-electron chi connectivity index (χ2n) is 5.56. The van der Waals surface area contributed by atoms with Crippen LogP contribution in [-0.4, -0.2) is 39.2 Å². The minimum Gasteiger partial charge on any atom is -0.497 e. The number of esters is 1. The molecule has 28 heavy (non-hydrogen) atoms. The summed E-state index contributed by atoms with van der Waals surface area (Å²) in [5.41, 5.74) is 1.24. The van der Waals surface area contributed by atoms with Crippen LogP contribution in [0.5, 0.6) is 11.5 Å². The number of carbonyl (C=O) groups is 2. The van der Waals surface area contributed by atoms with Crippen molar-refractivity contribution >= 4 is 23.6 Å². The molecular formula is C21H20N2O5. The van der Waals surface area contributed by atoms with Gasteiger partial charge in [0.15, 0.2) is 6.61 Å². The lowest BCUT2D eigenvalue weighted by atomic mass is 10.2. The number of amides is 1. The van der Waals surface area contributed by atoms with E-state index in [1.54, 1.807) is 48.5 Å². The molecule has 144 valence electrons. The van der Waals surface area contributed by atoms with Crippen LogP contribution in [0.15, 0.2) is 54.6 Å². The van der Waals surface area contributed by atoms with Crippen molar-refractivity contribution in [1.29, 1.82) is 5.26 Å². The molecule has 0 aliphatic rings. The van der Waals surface area contributed by atoms with Crippen LogP contribution in [0, 0.1) is 11.3 Å². The third kappa shape index (κ3) is 5.88. The van der Waals surface area contributed by atoms with Crippen LogP contribution in [0.2, 0.25) is 0 Å². The SMILES string of the molecule is COc1cc(/C=C/C(=O)OCC(=O)N(CC#N)c2ccccc2)cc(OC)c1. The molecule has 0 saturated heterocycles. The first-order chi connectivity index (χ1) is 13.6. The number of para-hydroxylation sites is 1. The van der Waals surface area contributed by atoms with Crippen LogP contribution < -0.4 is 14.4 Å². The van der Waals surface area contributed by atoms with Gasteiger partial charge in [-0.05, 0) is 35.9 Å². The smallest absolute Gasteiger partial charge is 0.331 e. The normalized spacial score (nSPS) is 10.2. The number of ether oxygens (including phenoxy) is 3. The van der Waals surface area contributed by atoms with Gasteiger partial charge in [0.2, 0.25) is 0 Å². The summed E-state index contributed by atoms with van der Waals surface area (Å²) in [6.07, 6.45) is 2.74. The summed E-state index contributed by atoms with van der Waals surface area (Å²) in [6, 6.07) is 15.8. The molecule has 2 aromatic carbocycles. The van der Waals surface area contributed by atoms with E-state index in [4.69, 9.17) is 19.5 Å². The van der Waals surface area contributed by atoms with Crippen LogP contribution in [0.4, 0.5) is 5.69 Å². The van der Waals surface area contributed by atoms with E-state index in [2.05, 4.69) is 0 Å². The molecule has 0 unspecified atom stereocenters. The lowest BCUT2D eigenvalue weighted by Gasteiger charge is -2.19. The van der Waals surface area contributed by atoms with Crippen molar-refractivity contribution in [2.45, 2.75) is 0 Å². The zero-order chi connectivity index (χ0) is 20.4. The highest BCUT2D eigenvalue weighted by molar-refractivity contribution is 5.96. The number of nitriles is 1. The molecule has 0 aliphatic carbocycles. The number of methoxy groups -OCH3 is 2. The van der Waals surface area contributed by atoms with Gasteiger partial charge in [-0.15, -0.1) is 0 Å². The fourth-order valence-corrected chi connectivity index (χ4v) is 2.35. The predicted octanol–water partition coefficient (Wildman–Crippen LogP) is 2.82. The van der Waals surface area contributed by atoms with Gasteiger partial charge in [-0.25, -0.2) is 4.79 Å². The minimum absolute atomic E-state index is 0.139. The molecule has 0 aromatic heterocycles. The van der Waals surface area contributed by atoms with Gasteiger partial charge in [-0.1, -0.05) is 18.2 Å². The highest BCUT2D eigenvalue weighted by Gasteiger charge is 2.16. The quantitative estimate of drug-likeness (QED) is 0.397. The second kappa shape index (κ2) is 10.4. The van der Waals surface area contributed by atoms with E-state index < -0.39 is 18.5 Å². The number of rotatable bonds is 8. The third-order valence-corrected chi connectivity index (χ3v) is 3.72. The van der Waals surface area contributed by atoms with Crippen LogP contribution in [0.3, 0.4) is 0 Å². The molecule has 0 spiro atoms. The Bertz CT molecular complexity index is 865. The molecule has 1 amide bonds. The summed E-state index contributed by atoms with van der Waals surface area (Å²) >= 11 is 0. The maximum atomic E-state index is 12.3. The van der Waals surface area contributed by atoms with Gasteiger partial charge in [-0.2, -0.15) is 5.26 Å². The lowest BCUT2D eigenvalue weighted by molar-refractivity contribution is -0.142. The van der Waals surface area contributed by atoms with Crippen molar-refractivity contribution in [2.75, 3.05) is 32.3 Å². The molecule has 0 heterocycles. The molecular weight excluding hydrogens is 360 g/mol. The van der Waals surface area contributed by atoms with E-state index in [1.165, 1.54) is 31.3 Å². The maximum absolute atomic E-state index is 12.3. The fraction of sp³-hybridized carbons (Fsp3) is 0.190. The summed E-state index contributed by atoms with van der Waals surface area (Å²) in [5, 5.41) is 8.94. The zero-order valence-electron chi connectivity index (χ0n) is 15.6. The summed E-state index contributed by atoms with van der Waals surface area (Å²) in [5.74, 6) is -0.00670. The molecule has 2 aromatic rings. The Labute approximate surface area is 163 Å². The Kier molecular flexibility index (Phi) is 7.61. The van der Waals surface area contributed by atoms with Gasteiger partial charge in [0.25, 0.3) is 5.91 Å². The van der Waals surface area contributed by atoms with E-state index in [0.29, 0.717) is 22.7 Å². The number of carbonyl (C=O) groups excluding carboxylic acids is 2. The van der Waals surface area contributed by atoms with Gasteiger partial charge in [-0.3, -0.25) is 9.69 Å². The Hall–Kier alpha value is -3.79. The van der Waals surface area contributed by atoms with Crippen LogP contribution in [0.25, 0.3) is 6.08 Å². The molecule has 2 rings (SSSR count). The van der Waals surface area contributed by atoms with Gasteiger partial charge in [0, 0.05) is 17.8 Å². The summed E-state index contributed by atoms with van der Waals surface area (Å²) < 4.78 is 15.3. The summed E-state index contributed by atoms with van der Waals surface area (Å²) in [4.78, 5) is 25.5. The fourth-order valence-electron chi connectivity index (χ4n) is 2.35. The molecule has 0 radical (unpaired) electrons. The summed E-state index contributed by atoms with van der Waals surface area (Å²) in [6.45, 7) is -0.610. The highest BCUT2D eigenvalue weighted by atomic mass is 16.5. The van der Waals surface area contributed by atoms with E-state index in [1.807, 2.05) is 6.07 Å². The van der Waals surface area contributed by atoms with Crippen molar-refractivity contribution < 1.29 is 23.8 Å². The second-order valence-corrected chi connectivity index (χ2v) is 5.56. The lowest BCUT2D eigenvalue weighted by Crippen LogP contribution is -2.34. The first kappa shape index (κ1) is 20.5. The average Bonchev–Trinajstić information content (AvgIpc) is 2.74. The highest BCUT2D eigenvalue weighted by Crippen LogP contribution is 2.23. The molecule has 0 saturated carbocycles. The Morgan fingerprint density at radius 1 is 1.07 bits per heavy atom. The topological polar surface area (TPSA) is 88.9 Å². The largest absolute Gasteiger partial charge is 0.497 e. The number of anilines is 1. The molecule has 7 nitrogen and oxygen atoms in total. The van der Waals surface area contributed by atoms with Crippen LogP contribution in [0.1, 0.15) is 5.56 Å². The molecule has 0 aliphatic heterocycles. The minimum atomic E-state index is -0.680. The van der Waals surface area contributed by atoms with E-state index in [-0.39, 0.29) is 6.54 Å². The predicted molar refractivity (Wildman–Crippen MR) is 104 cm³/mol. The average molecular weight is 380 g/mol. The third-order valence-electron chi connectivity index (χ3n) is 3.72. The maximum Gasteiger partial charge on any atom is 0.331 e. The van der Waals surface area contributed by atoms with Crippen molar-refractivity contribution in [2.24, 2.45) is 0 Å². The first-order valence-electron chi connectivity index (χ1n) is 8.37. The van der Waals surface area contributed by atoms with E-state index in [9.17, 15) is 9.59 Å². The first-order valence-corrected chi connectivity index (χ1v) is 8.37. The zero-order valence-corrected chi connectivity index (χ0v) is 15.6. The molecule has 0 bridgehead atoms. The standard InChI is InChI=1S/C21H20N2O5/c1-26-18-12-16(13-19(14-18)27-2)8-9-21(25)28-15-20(24)23(11-10-22)17-6-4-3-5-7-17/h3-9,12-14H,11,15H2,1-2H3/b9-8+. The Morgan fingerprint density at radius 2 is 1.71 bits per heavy atom. The molecule has 0 atom stereocenters. The van der Waals surface area contributed by atoms with E-state index >= 15 is 0 Å². The summed E-state index contributed by atoms with van der Waals surface area (Å²) in [7, 11) is 3.06. The van der Waals surface area contributed by atoms with Crippen LogP contribution in [-0.2, 0) is 14.3 Å². The van der Waals surface area contributed by atoms with Crippen LogP contribution >= 0.6 is 0 Å². The number of benzene rings is 2. The van der Waals surface area contributed by atoms with Crippen molar-refractivity contribution in [1.82, 2.24) is 0 Å². The number of nitrogens with zero attached hydrogens (tertiary/aromatic N) is 2. The van der Waals surface area contributed by atoms with E-state index in [0.717, 1.165) is 0 Å². The van der Waals surface area contributed by atoms with Crippen molar-refractivity contribution in [3.63, 3.8) is 0 Å². The molecule has 0 fully saturated rings. The Balaban J connectivity index is 1.98.